The first kappa shape index (κ1) is 21.8. The summed E-state index contributed by atoms with van der Waals surface area (Å²) in [5.41, 5.74) is 0. The van der Waals surface area contributed by atoms with Crippen LogP contribution in [0.5, 0.6) is 0 Å². The Hall–Kier alpha value is -1.21. The van der Waals surface area contributed by atoms with Crippen molar-refractivity contribution in [3.63, 3.8) is 0 Å². The van der Waals surface area contributed by atoms with E-state index in [4.69, 9.17) is 0 Å². The minimum Gasteiger partial charge on any atom is -0.315 e. The first-order chi connectivity index (χ1) is 11.5. The number of halogens is 1. The molecular weight excluding hydrogens is 358 g/mol. The molecule has 0 unspecified atom stereocenters. The van der Waals surface area contributed by atoms with Crippen molar-refractivity contribution >= 4 is 33.2 Å². The van der Waals surface area contributed by atoms with Gasteiger partial charge in [0.2, 0.25) is 10.0 Å². The Labute approximate surface area is 157 Å². The van der Waals surface area contributed by atoms with E-state index in [1.54, 1.807) is 28.8 Å². The number of aromatic nitrogens is 1. The minimum atomic E-state index is -3.51. The molecule has 0 fully saturated rings. The highest BCUT2D eigenvalue weighted by molar-refractivity contribution is 7.89. The van der Waals surface area contributed by atoms with Gasteiger partial charge in [0.05, 0.1) is 4.90 Å². The van der Waals surface area contributed by atoms with Crippen molar-refractivity contribution in [3.8, 4) is 0 Å². The van der Waals surface area contributed by atoms with E-state index in [9.17, 15) is 8.42 Å². The summed E-state index contributed by atoms with van der Waals surface area (Å²) in [6.45, 7) is 8.00. The van der Waals surface area contributed by atoms with E-state index in [2.05, 4.69) is 17.2 Å². The molecule has 0 amide bonds. The van der Waals surface area contributed by atoms with Crippen molar-refractivity contribution in [2.75, 3.05) is 19.6 Å². The van der Waals surface area contributed by atoms with E-state index < -0.39 is 10.0 Å². The lowest BCUT2D eigenvalue weighted by molar-refractivity contribution is 0.337. The smallest absolute Gasteiger partial charge is 0.243 e. The van der Waals surface area contributed by atoms with Crippen molar-refractivity contribution < 1.29 is 8.42 Å². The summed E-state index contributed by atoms with van der Waals surface area (Å²) in [5, 5.41) is 5.16. The van der Waals surface area contributed by atoms with E-state index in [0.717, 1.165) is 30.2 Å². The fourth-order valence-corrected chi connectivity index (χ4v) is 4.47. The standard InChI is InChI=1S/C18H27N3O2S.ClH/c1-4-6-10-19-13-15(3)21(5-2)24(22,23)18-8-7-17-14-20-11-9-16(17)12-18;/h7-9,11-12,14-15,19H,4-6,10,13H2,1-3H3;1H/t15-;/m1./s1. The Morgan fingerprint density at radius 3 is 2.64 bits per heavy atom. The third-order valence-electron chi connectivity index (χ3n) is 4.17. The van der Waals surface area contributed by atoms with Gasteiger partial charge >= 0.3 is 0 Å². The third-order valence-corrected chi connectivity index (χ3v) is 6.25. The van der Waals surface area contributed by atoms with Crippen LogP contribution in [0.3, 0.4) is 0 Å². The molecule has 7 heteroatoms. The monoisotopic (exact) mass is 385 g/mol. The van der Waals surface area contributed by atoms with Crippen LogP contribution in [0.25, 0.3) is 10.8 Å². The molecule has 140 valence electrons. The Bertz CT molecular complexity index is 768. The Morgan fingerprint density at radius 2 is 1.96 bits per heavy atom. The molecule has 0 aliphatic heterocycles. The molecule has 0 spiro atoms. The van der Waals surface area contributed by atoms with Gasteiger partial charge < -0.3 is 5.32 Å². The summed E-state index contributed by atoms with van der Waals surface area (Å²) >= 11 is 0. The molecule has 0 aliphatic rings. The first-order valence-electron chi connectivity index (χ1n) is 8.57. The van der Waals surface area contributed by atoms with Crippen LogP contribution in [0.1, 0.15) is 33.6 Å². The van der Waals surface area contributed by atoms with Gasteiger partial charge in [-0.3, -0.25) is 4.98 Å². The number of benzene rings is 1. The molecule has 0 radical (unpaired) electrons. The number of sulfonamides is 1. The number of rotatable bonds is 9. The Morgan fingerprint density at radius 1 is 1.20 bits per heavy atom. The number of pyridine rings is 1. The molecule has 2 rings (SSSR count). The van der Waals surface area contributed by atoms with Crippen LogP contribution in [0.2, 0.25) is 0 Å². The number of nitrogens with one attached hydrogen (secondary N) is 1. The SMILES string of the molecule is CCCCNC[C@@H](C)N(CC)S(=O)(=O)c1ccc2cnccc2c1.Cl. The summed E-state index contributed by atoms with van der Waals surface area (Å²) in [6.07, 6.45) is 5.65. The van der Waals surface area contributed by atoms with Crippen molar-refractivity contribution in [1.82, 2.24) is 14.6 Å². The highest BCUT2D eigenvalue weighted by Crippen LogP contribution is 2.22. The third kappa shape index (κ3) is 5.38. The Kier molecular flexibility index (Phi) is 8.79. The van der Waals surface area contributed by atoms with Gasteiger partial charge in [-0.05, 0) is 43.5 Å². The van der Waals surface area contributed by atoms with Crippen LogP contribution < -0.4 is 5.32 Å². The summed E-state index contributed by atoms with van der Waals surface area (Å²) in [6, 6.07) is 6.95. The molecule has 1 aromatic carbocycles. The molecule has 0 aliphatic carbocycles. The zero-order valence-electron chi connectivity index (χ0n) is 15.1. The average molecular weight is 386 g/mol. The molecule has 1 aromatic heterocycles. The molecule has 2 aromatic rings. The second-order valence-corrected chi connectivity index (χ2v) is 7.89. The van der Waals surface area contributed by atoms with E-state index in [1.165, 1.54) is 0 Å². The summed E-state index contributed by atoms with van der Waals surface area (Å²) < 4.78 is 27.6. The van der Waals surface area contributed by atoms with Crippen molar-refractivity contribution in [1.29, 1.82) is 0 Å². The molecule has 5 nitrogen and oxygen atoms in total. The lowest BCUT2D eigenvalue weighted by Crippen LogP contribution is -2.44. The maximum atomic E-state index is 13.0. The van der Waals surface area contributed by atoms with E-state index in [1.807, 2.05) is 26.0 Å². The number of fused-ring (bicyclic) bond motifs is 1. The molecule has 1 N–H and O–H groups in total. The zero-order chi connectivity index (χ0) is 17.6. The fourth-order valence-electron chi connectivity index (χ4n) is 2.79. The van der Waals surface area contributed by atoms with Gasteiger partial charge in [-0.1, -0.05) is 26.3 Å². The summed E-state index contributed by atoms with van der Waals surface area (Å²) in [4.78, 5) is 4.40. The normalized spacial score (nSPS) is 13.0. The highest BCUT2D eigenvalue weighted by atomic mass is 35.5. The molecule has 1 heterocycles. The van der Waals surface area contributed by atoms with Crippen LogP contribution in [-0.4, -0.2) is 43.4 Å². The zero-order valence-corrected chi connectivity index (χ0v) is 16.7. The second-order valence-electron chi connectivity index (χ2n) is 6.00. The lowest BCUT2D eigenvalue weighted by atomic mass is 10.2. The van der Waals surface area contributed by atoms with Gasteiger partial charge in [0, 0.05) is 36.9 Å². The van der Waals surface area contributed by atoms with Crippen LogP contribution in [0.15, 0.2) is 41.6 Å². The molecular formula is C18H28ClN3O2S. The Balaban J connectivity index is 0.00000312. The summed E-state index contributed by atoms with van der Waals surface area (Å²) in [5.74, 6) is 0. The van der Waals surface area contributed by atoms with Crippen LogP contribution in [0.4, 0.5) is 0 Å². The number of unbranched alkanes of at least 4 members (excludes halogenated alkanes) is 1. The summed E-state index contributed by atoms with van der Waals surface area (Å²) in [7, 11) is -3.51. The van der Waals surface area contributed by atoms with E-state index in [-0.39, 0.29) is 18.4 Å². The maximum Gasteiger partial charge on any atom is 0.243 e. The topological polar surface area (TPSA) is 62.3 Å². The van der Waals surface area contributed by atoms with Crippen LogP contribution in [0, 0.1) is 0 Å². The van der Waals surface area contributed by atoms with Gasteiger partial charge in [-0.25, -0.2) is 8.42 Å². The molecule has 0 saturated carbocycles. The van der Waals surface area contributed by atoms with Crippen LogP contribution >= 0.6 is 12.4 Å². The number of nitrogens with zero attached hydrogens (tertiary/aromatic N) is 2. The largest absolute Gasteiger partial charge is 0.315 e. The quantitative estimate of drug-likeness (QED) is 0.671. The number of likely N-dealkylation sites (N-methyl/N-ethyl adjacent to an activating group) is 1. The molecule has 0 saturated heterocycles. The van der Waals surface area contributed by atoms with Gasteiger partial charge in [0.25, 0.3) is 0 Å². The number of hydrogen-bond acceptors (Lipinski definition) is 4. The maximum absolute atomic E-state index is 13.0. The van der Waals surface area contributed by atoms with Gasteiger partial charge in [0.1, 0.15) is 0 Å². The van der Waals surface area contributed by atoms with Crippen molar-refractivity contribution in [2.24, 2.45) is 0 Å². The van der Waals surface area contributed by atoms with Crippen molar-refractivity contribution in [2.45, 2.75) is 44.6 Å². The number of hydrogen-bond donors (Lipinski definition) is 1. The fraction of sp³-hybridized carbons (Fsp3) is 0.500. The average Bonchev–Trinajstić information content (AvgIpc) is 2.58. The van der Waals surface area contributed by atoms with Crippen LogP contribution in [-0.2, 0) is 10.0 Å². The highest BCUT2D eigenvalue weighted by Gasteiger charge is 2.27. The van der Waals surface area contributed by atoms with E-state index >= 15 is 0 Å². The molecule has 25 heavy (non-hydrogen) atoms. The minimum absolute atomic E-state index is 0. The molecule has 1 atom stereocenters. The first-order valence-corrected chi connectivity index (χ1v) is 10.0. The van der Waals surface area contributed by atoms with Crippen molar-refractivity contribution in [3.05, 3.63) is 36.7 Å². The van der Waals surface area contributed by atoms with Gasteiger partial charge in [-0.15, -0.1) is 12.4 Å². The predicted molar refractivity (Wildman–Crippen MR) is 106 cm³/mol. The van der Waals surface area contributed by atoms with E-state index in [0.29, 0.717) is 18.0 Å². The predicted octanol–water partition coefficient (Wildman–Crippen LogP) is 3.45. The molecule has 0 bridgehead atoms. The second kappa shape index (κ2) is 10.1. The lowest BCUT2D eigenvalue weighted by Gasteiger charge is -2.27. The van der Waals surface area contributed by atoms with Gasteiger partial charge in [-0.2, -0.15) is 4.31 Å². The van der Waals surface area contributed by atoms with Gasteiger partial charge in [0.15, 0.2) is 0 Å².